The normalized spacial score (nSPS) is 22.9. The van der Waals surface area contributed by atoms with Gasteiger partial charge in [-0.25, -0.2) is 4.98 Å². The summed E-state index contributed by atoms with van der Waals surface area (Å²) < 4.78 is 2.15. The minimum Gasteiger partial charge on any atom is -0.342 e. The van der Waals surface area contributed by atoms with Crippen molar-refractivity contribution in [2.45, 2.75) is 25.2 Å². The van der Waals surface area contributed by atoms with Gasteiger partial charge in [0.05, 0.1) is 11.0 Å². The zero-order valence-corrected chi connectivity index (χ0v) is 11.7. The Balaban J connectivity index is 1.63. The SMILES string of the molecule is Cn1c([C@H]2CC(=O)N(CC3CC3)C2)nc2ccccc21. The first kappa shape index (κ1) is 11.9. The van der Waals surface area contributed by atoms with Gasteiger partial charge in [0, 0.05) is 32.5 Å². The van der Waals surface area contributed by atoms with Crippen LogP contribution in [0.2, 0.25) is 0 Å². The molecule has 0 N–H and O–H groups in total. The third-order valence-corrected chi connectivity index (χ3v) is 4.58. The number of carbonyl (C=O) groups excluding carboxylic acids is 1. The zero-order valence-electron chi connectivity index (χ0n) is 11.7. The van der Waals surface area contributed by atoms with Gasteiger partial charge >= 0.3 is 0 Å². The molecule has 104 valence electrons. The predicted octanol–water partition coefficient (Wildman–Crippen LogP) is 2.30. The highest BCUT2D eigenvalue weighted by atomic mass is 16.2. The number of nitrogens with zero attached hydrogens (tertiary/aromatic N) is 3. The Morgan fingerprint density at radius 3 is 2.85 bits per heavy atom. The van der Waals surface area contributed by atoms with Crippen molar-refractivity contribution >= 4 is 16.9 Å². The van der Waals surface area contributed by atoms with Crippen LogP contribution in [0.25, 0.3) is 11.0 Å². The van der Waals surface area contributed by atoms with Crippen molar-refractivity contribution in [1.82, 2.24) is 14.5 Å². The summed E-state index contributed by atoms with van der Waals surface area (Å²) in [7, 11) is 2.05. The third kappa shape index (κ3) is 1.90. The van der Waals surface area contributed by atoms with Crippen molar-refractivity contribution in [2.24, 2.45) is 13.0 Å². The van der Waals surface area contributed by atoms with Gasteiger partial charge in [-0.05, 0) is 30.9 Å². The molecule has 1 amide bonds. The molecule has 1 atom stereocenters. The molecule has 0 spiro atoms. The van der Waals surface area contributed by atoms with Crippen molar-refractivity contribution in [3.05, 3.63) is 30.1 Å². The molecule has 1 aliphatic heterocycles. The van der Waals surface area contributed by atoms with E-state index in [0.29, 0.717) is 12.3 Å². The molecule has 0 unspecified atom stereocenters. The quantitative estimate of drug-likeness (QED) is 0.857. The van der Waals surface area contributed by atoms with Crippen LogP contribution in [-0.2, 0) is 11.8 Å². The molecule has 0 radical (unpaired) electrons. The summed E-state index contributed by atoms with van der Waals surface area (Å²) in [5.74, 6) is 2.36. The Kier molecular flexibility index (Phi) is 2.59. The molecule has 4 rings (SSSR count). The van der Waals surface area contributed by atoms with E-state index in [1.54, 1.807) is 0 Å². The van der Waals surface area contributed by atoms with Crippen molar-refractivity contribution < 1.29 is 4.79 Å². The van der Waals surface area contributed by atoms with E-state index in [9.17, 15) is 4.79 Å². The number of aryl methyl sites for hydroxylation is 1. The van der Waals surface area contributed by atoms with Crippen LogP contribution in [0, 0.1) is 5.92 Å². The van der Waals surface area contributed by atoms with E-state index in [1.165, 1.54) is 12.8 Å². The molecule has 0 bridgehead atoms. The number of fused-ring (bicyclic) bond motifs is 1. The van der Waals surface area contributed by atoms with Crippen molar-refractivity contribution in [1.29, 1.82) is 0 Å². The molecule has 1 aromatic carbocycles. The standard InChI is InChI=1S/C16H19N3O/c1-18-14-5-3-2-4-13(14)17-16(18)12-8-15(20)19(10-12)9-11-6-7-11/h2-5,11-12H,6-10H2,1H3/t12-/m0/s1. The van der Waals surface area contributed by atoms with E-state index in [-0.39, 0.29) is 5.92 Å². The smallest absolute Gasteiger partial charge is 0.223 e. The van der Waals surface area contributed by atoms with E-state index < -0.39 is 0 Å². The molecule has 4 heteroatoms. The van der Waals surface area contributed by atoms with Gasteiger partial charge in [0.1, 0.15) is 5.82 Å². The van der Waals surface area contributed by atoms with Crippen LogP contribution in [0.4, 0.5) is 0 Å². The average Bonchev–Trinajstić information content (AvgIpc) is 3.11. The largest absolute Gasteiger partial charge is 0.342 e. The van der Waals surface area contributed by atoms with E-state index in [0.717, 1.165) is 35.9 Å². The van der Waals surface area contributed by atoms with Crippen LogP contribution in [0.1, 0.15) is 31.0 Å². The molecular formula is C16H19N3O. The summed E-state index contributed by atoms with van der Waals surface area (Å²) in [5, 5.41) is 0. The number of rotatable bonds is 3. The number of imidazole rings is 1. The van der Waals surface area contributed by atoms with Crippen LogP contribution < -0.4 is 0 Å². The third-order valence-electron chi connectivity index (χ3n) is 4.58. The van der Waals surface area contributed by atoms with Gasteiger partial charge in [-0.1, -0.05) is 12.1 Å². The monoisotopic (exact) mass is 269 g/mol. The maximum Gasteiger partial charge on any atom is 0.223 e. The van der Waals surface area contributed by atoms with Gasteiger partial charge in [0.25, 0.3) is 0 Å². The topological polar surface area (TPSA) is 38.1 Å². The Hall–Kier alpha value is -1.84. The van der Waals surface area contributed by atoms with Crippen LogP contribution >= 0.6 is 0 Å². The molecule has 2 aliphatic rings. The van der Waals surface area contributed by atoms with Crippen molar-refractivity contribution in [3.63, 3.8) is 0 Å². The lowest BCUT2D eigenvalue weighted by Crippen LogP contribution is -2.27. The second-order valence-electron chi connectivity index (χ2n) is 6.16. The fourth-order valence-electron chi connectivity index (χ4n) is 3.26. The molecule has 20 heavy (non-hydrogen) atoms. The summed E-state index contributed by atoms with van der Waals surface area (Å²) in [4.78, 5) is 18.9. The number of para-hydroxylation sites is 2. The Bertz CT molecular complexity index is 671. The summed E-state index contributed by atoms with van der Waals surface area (Å²) in [6.07, 6.45) is 3.20. The number of carbonyl (C=O) groups is 1. The fraction of sp³-hybridized carbons (Fsp3) is 0.500. The maximum atomic E-state index is 12.1. The van der Waals surface area contributed by atoms with Crippen LogP contribution in [0.15, 0.2) is 24.3 Å². The number of benzene rings is 1. The van der Waals surface area contributed by atoms with Crippen LogP contribution in [0.3, 0.4) is 0 Å². The highest BCUT2D eigenvalue weighted by Gasteiger charge is 2.36. The van der Waals surface area contributed by atoms with Crippen molar-refractivity contribution in [3.8, 4) is 0 Å². The minimum atomic E-state index is 0.249. The molecule has 2 aromatic rings. The van der Waals surface area contributed by atoms with Gasteiger partial charge in [-0.2, -0.15) is 0 Å². The Morgan fingerprint density at radius 1 is 1.30 bits per heavy atom. The second-order valence-corrected chi connectivity index (χ2v) is 6.16. The molecule has 4 nitrogen and oxygen atoms in total. The van der Waals surface area contributed by atoms with Crippen molar-refractivity contribution in [2.75, 3.05) is 13.1 Å². The summed E-state index contributed by atoms with van der Waals surface area (Å²) in [5.41, 5.74) is 2.17. The lowest BCUT2D eigenvalue weighted by atomic mass is 10.1. The molecule has 1 saturated carbocycles. The molecule has 1 saturated heterocycles. The first-order chi connectivity index (χ1) is 9.72. The van der Waals surface area contributed by atoms with Gasteiger partial charge in [0.15, 0.2) is 0 Å². The fourth-order valence-corrected chi connectivity index (χ4v) is 3.26. The Labute approximate surface area is 118 Å². The van der Waals surface area contributed by atoms with Gasteiger partial charge in [-0.3, -0.25) is 4.79 Å². The van der Waals surface area contributed by atoms with E-state index >= 15 is 0 Å². The highest BCUT2D eigenvalue weighted by Crippen LogP contribution is 2.34. The van der Waals surface area contributed by atoms with E-state index in [2.05, 4.69) is 17.7 Å². The minimum absolute atomic E-state index is 0.249. The second kappa shape index (κ2) is 4.33. The van der Waals surface area contributed by atoms with Gasteiger partial charge in [0.2, 0.25) is 5.91 Å². The van der Waals surface area contributed by atoms with E-state index in [1.807, 2.05) is 23.1 Å². The number of likely N-dealkylation sites (tertiary alicyclic amines) is 1. The number of hydrogen-bond donors (Lipinski definition) is 0. The molecule has 1 aliphatic carbocycles. The van der Waals surface area contributed by atoms with Gasteiger partial charge < -0.3 is 9.47 Å². The lowest BCUT2D eigenvalue weighted by molar-refractivity contribution is -0.127. The summed E-state index contributed by atoms with van der Waals surface area (Å²) in [6.45, 7) is 1.80. The number of hydrogen-bond acceptors (Lipinski definition) is 2. The maximum absolute atomic E-state index is 12.1. The summed E-state index contributed by atoms with van der Waals surface area (Å²) >= 11 is 0. The number of amides is 1. The Morgan fingerprint density at radius 2 is 2.10 bits per heavy atom. The zero-order chi connectivity index (χ0) is 13.7. The first-order valence-corrected chi connectivity index (χ1v) is 7.41. The van der Waals surface area contributed by atoms with Crippen LogP contribution in [-0.4, -0.2) is 33.4 Å². The average molecular weight is 269 g/mol. The highest BCUT2D eigenvalue weighted by molar-refractivity contribution is 5.80. The van der Waals surface area contributed by atoms with Crippen LogP contribution in [0.5, 0.6) is 0 Å². The van der Waals surface area contributed by atoms with E-state index in [4.69, 9.17) is 4.98 Å². The van der Waals surface area contributed by atoms with Gasteiger partial charge in [-0.15, -0.1) is 0 Å². The molecule has 2 heterocycles. The molecular weight excluding hydrogens is 250 g/mol. The molecule has 2 fully saturated rings. The molecule has 1 aromatic heterocycles. The lowest BCUT2D eigenvalue weighted by Gasteiger charge is -2.16. The first-order valence-electron chi connectivity index (χ1n) is 7.41. The number of aromatic nitrogens is 2. The summed E-state index contributed by atoms with van der Waals surface area (Å²) in [6, 6.07) is 8.17. The predicted molar refractivity (Wildman–Crippen MR) is 77.4 cm³/mol.